The summed E-state index contributed by atoms with van der Waals surface area (Å²) in [6.45, 7) is 0. The molecule has 4 nitrogen and oxygen atoms in total. The molecule has 0 saturated heterocycles. The van der Waals surface area contributed by atoms with Crippen molar-refractivity contribution in [3.8, 4) is 0 Å². The maximum atomic E-state index is 11.7. The topological polar surface area (TPSA) is 59.3 Å². The first kappa shape index (κ1) is 10.1. The van der Waals surface area contributed by atoms with Crippen LogP contribution in [-0.2, 0) is 0 Å². The van der Waals surface area contributed by atoms with Gasteiger partial charge in [-0.15, -0.1) is 0 Å². The lowest BCUT2D eigenvalue weighted by atomic mass is 10.1. The summed E-state index contributed by atoms with van der Waals surface area (Å²) in [7, 11) is 0. The fourth-order valence-electron chi connectivity index (χ4n) is 2.16. The smallest absolute Gasteiger partial charge is 0.337 e. The summed E-state index contributed by atoms with van der Waals surface area (Å²) >= 11 is 0. The molecule has 17 heavy (non-hydrogen) atoms. The first-order chi connectivity index (χ1) is 8.18. The summed E-state index contributed by atoms with van der Waals surface area (Å²) in [5, 5.41) is 9.67. The molecule has 1 aliphatic carbocycles. The number of aromatic carboxylic acids is 1. The van der Waals surface area contributed by atoms with Gasteiger partial charge in [-0.1, -0.05) is 6.07 Å². The molecule has 1 fully saturated rings. The zero-order chi connectivity index (χ0) is 12.0. The zero-order valence-corrected chi connectivity index (χ0v) is 9.09. The Kier molecular flexibility index (Phi) is 2.04. The summed E-state index contributed by atoms with van der Waals surface area (Å²) in [6, 6.07) is 6.70. The van der Waals surface area contributed by atoms with Crippen LogP contribution < -0.4 is 5.43 Å². The van der Waals surface area contributed by atoms with E-state index in [-0.39, 0.29) is 11.0 Å². The molecule has 0 aliphatic heterocycles. The Morgan fingerprint density at radius 3 is 2.71 bits per heavy atom. The molecule has 4 heteroatoms. The van der Waals surface area contributed by atoms with Gasteiger partial charge in [-0.05, 0) is 25.0 Å². The monoisotopic (exact) mass is 229 g/mol. The predicted octanol–water partition coefficient (Wildman–Crippen LogP) is 2.03. The third-order valence-corrected chi connectivity index (χ3v) is 3.12. The van der Waals surface area contributed by atoms with Crippen molar-refractivity contribution in [2.75, 3.05) is 0 Å². The molecule has 86 valence electrons. The van der Waals surface area contributed by atoms with Crippen molar-refractivity contribution < 1.29 is 9.90 Å². The van der Waals surface area contributed by atoms with E-state index in [1.54, 1.807) is 24.4 Å². The van der Waals surface area contributed by atoms with Crippen molar-refractivity contribution in [1.82, 2.24) is 4.57 Å². The minimum atomic E-state index is -0.990. The number of carboxylic acid groups (broad SMARTS) is 1. The minimum absolute atomic E-state index is 0.125. The van der Waals surface area contributed by atoms with Crippen molar-refractivity contribution in [1.29, 1.82) is 0 Å². The molecule has 0 bridgehead atoms. The number of para-hydroxylation sites is 1. The highest BCUT2D eigenvalue weighted by atomic mass is 16.4. The van der Waals surface area contributed by atoms with Crippen LogP contribution in [0.3, 0.4) is 0 Å². The van der Waals surface area contributed by atoms with E-state index in [2.05, 4.69) is 0 Å². The highest BCUT2D eigenvalue weighted by molar-refractivity contribution is 6.01. The van der Waals surface area contributed by atoms with E-state index >= 15 is 0 Å². The largest absolute Gasteiger partial charge is 0.478 e. The van der Waals surface area contributed by atoms with E-state index in [0.29, 0.717) is 16.9 Å². The molecule has 1 heterocycles. The summed E-state index contributed by atoms with van der Waals surface area (Å²) in [5.41, 5.74) is 0.627. The standard InChI is InChI=1S/C13H11NO3/c15-11-6-7-14(8-4-5-8)12-9(11)2-1-3-10(12)13(16)17/h1-3,6-8H,4-5H2,(H,16,17). The Labute approximate surface area is 97.1 Å². The highest BCUT2D eigenvalue weighted by Gasteiger charge is 2.26. The van der Waals surface area contributed by atoms with Crippen LogP contribution in [0.2, 0.25) is 0 Å². The predicted molar refractivity (Wildman–Crippen MR) is 63.4 cm³/mol. The molecular weight excluding hydrogens is 218 g/mol. The number of aromatic nitrogens is 1. The second-order valence-corrected chi connectivity index (χ2v) is 4.33. The minimum Gasteiger partial charge on any atom is -0.478 e. The molecule has 0 amide bonds. The van der Waals surface area contributed by atoms with Gasteiger partial charge in [-0.2, -0.15) is 0 Å². The van der Waals surface area contributed by atoms with E-state index in [1.807, 2.05) is 4.57 Å². The Bertz CT molecular complexity index is 668. The molecule has 2 aromatic rings. The van der Waals surface area contributed by atoms with Crippen LogP contribution >= 0.6 is 0 Å². The van der Waals surface area contributed by atoms with Crippen LogP contribution in [0.5, 0.6) is 0 Å². The lowest BCUT2D eigenvalue weighted by Crippen LogP contribution is -2.11. The number of benzene rings is 1. The first-order valence-corrected chi connectivity index (χ1v) is 5.55. The van der Waals surface area contributed by atoms with Crippen LogP contribution in [-0.4, -0.2) is 15.6 Å². The lowest BCUT2D eigenvalue weighted by molar-refractivity contribution is 0.0698. The van der Waals surface area contributed by atoms with E-state index in [9.17, 15) is 14.7 Å². The van der Waals surface area contributed by atoms with Gasteiger partial charge in [0.25, 0.3) is 0 Å². The number of pyridine rings is 1. The van der Waals surface area contributed by atoms with Crippen molar-refractivity contribution in [3.63, 3.8) is 0 Å². The number of hydrogen-bond donors (Lipinski definition) is 1. The molecular formula is C13H11NO3. The summed E-state index contributed by atoms with van der Waals surface area (Å²) in [4.78, 5) is 22.9. The fourth-order valence-corrected chi connectivity index (χ4v) is 2.16. The number of rotatable bonds is 2. The highest BCUT2D eigenvalue weighted by Crippen LogP contribution is 2.37. The third kappa shape index (κ3) is 1.53. The average Bonchev–Trinajstić information content (AvgIpc) is 3.13. The molecule has 1 aliphatic rings. The second kappa shape index (κ2) is 3.45. The Morgan fingerprint density at radius 1 is 1.29 bits per heavy atom. The molecule has 3 rings (SSSR count). The number of nitrogens with zero attached hydrogens (tertiary/aromatic N) is 1. The normalized spacial score (nSPS) is 15.1. The molecule has 0 atom stereocenters. The van der Waals surface area contributed by atoms with Gasteiger partial charge in [0.15, 0.2) is 5.43 Å². The number of hydrogen-bond acceptors (Lipinski definition) is 2. The van der Waals surface area contributed by atoms with Crippen molar-refractivity contribution >= 4 is 16.9 Å². The summed E-state index contributed by atoms with van der Waals surface area (Å²) < 4.78 is 1.92. The quantitative estimate of drug-likeness (QED) is 0.857. The van der Waals surface area contributed by atoms with Gasteiger partial charge in [0.2, 0.25) is 0 Å². The fraction of sp³-hybridized carbons (Fsp3) is 0.231. The van der Waals surface area contributed by atoms with Crippen LogP contribution in [0.1, 0.15) is 29.2 Å². The molecule has 1 aromatic heterocycles. The molecule has 0 radical (unpaired) electrons. The maximum absolute atomic E-state index is 11.7. The molecule has 1 saturated carbocycles. The summed E-state index contributed by atoms with van der Waals surface area (Å²) in [6.07, 6.45) is 3.80. The SMILES string of the molecule is O=C(O)c1cccc2c(=O)ccn(C3CC3)c12. The van der Waals surface area contributed by atoms with Crippen LogP contribution in [0, 0.1) is 0 Å². The van der Waals surface area contributed by atoms with Crippen molar-refractivity contribution in [2.24, 2.45) is 0 Å². The number of fused-ring (bicyclic) bond motifs is 1. The average molecular weight is 229 g/mol. The maximum Gasteiger partial charge on any atom is 0.337 e. The molecule has 0 spiro atoms. The van der Waals surface area contributed by atoms with Crippen molar-refractivity contribution in [3.05, 3.63) is 46.2 Å². The van der Waals surface area contributed by atoms with Gasteiger partial charge in [0.05, 0.1) is 11.1 Å². The van der Waals surface area contributed by atoms with Gasteiger partial charge in [-0.3, -0.25) is 4.79 Å². The van der Waals surface area contributed by atoms with E-state index in [4.69, 9.17) is 0 Å². The van der Waals surface area contributed by atoms with Gasteiger partial charge in [0, 0.05) is 23.7 Å². The van der Waals surface area contributed by atoms with E-state index in [1.165, 1.54) is 6.07 Å². The molecule has 1 N–H and O–H groups in total. The molecule has 1 aromatic carbocycles. The first-order valence-electron chi connectivity index (χ1n) is 5.55. The summed E-state index contributed by atoms with van der Waals surface area (Å²) in [5.74, 6) is -0.990. The Balaban J connectivity index is 2.46. The van der Waals surface area contributed by atoms with Crippen LogP contribution in [0.15, 0.2) is 35.3 Å². The van der Waals surface area contributed by atoms with Crippen LogP contribution in [0.4, 0.5) is 0 Å². The Hall–Kier alpha value is -2.10. The second-order valence-electron chi connectivity index (χ2n) is 4.33. The third-order valence-electron chi connectivity index (χ3n) is 3.12. The van der Waals surface area contributed by atoms with Crippen molar-refractivity contribution in [2.45, 2.75) is 18.9 Å². The zero-order valence-electron chi connectivity index (χ0n) is 9.09. The van der Waals surface area contributed by atoms with E-state index in [0.717, 1.165) is 12.8 Å². The van der Waals surface area contributed by atoms with Gasteiger partial charge >= 0.3 is 5.97 Å². The van der Waals surface area contributed by atoms with Gasteiger partial charge in [-0.25, -0.2) is 4.79 Å². The van der Waals surface area contributed by atoms with E-state index < -0.39 is 5.97 Å². The number of carbonyl (C=O) groups is 1. The number of carboxylic acids is 1. The molecule has 0 unspecified atom stereocenters. The lowest BCUT2D eigenvalue weighted by Gasteiger charge is -2.11. The van der Waals surface area contributed by atoms with Crippen LogP contribution in [0.25, 0.3) is 10.9 Å². The van der Waals surface area contributed by atoms with Gasteiger partial charge < -0.3 is 9.67 Å². The van der Waals surface area contributed by atoms with Gasteiger partial charge in [0.1, 0.15) is 0 Å². The Morgan fingerprint density at radius 2 is 2.06 bits per heavy atom.